The number of aliphatic hydroxyl groups excluding tert-OH is 1. The monoisotopic (exact) mass is 238 g/mol. The third kappa shape index (κ3) is 2.98. The molecule has 2 N–H and O–H groups in total. The van der Waals surface area contributed by atoms with Gasteiger partial charge in [0.2, 0.25) is 0 Å². The van der Waals surface area contributed by atoms with E-state index in [0.29, 0.717) is 11.3 Å². The Kier molecular flexibility index (Phi) is 4.54. The van der Waals surface area contributed by atoms with Crippen molar-refractivity contribution in [3.05, 3.63) is 29.3 Å². The van der Waals surface area contributed by atoms with E-state index in [-0.39, 0.29) is 17.9 Å². The lowest BCUT2D eigenvalue weighted by molar-refractivity contribution is 0.0693. The van der Waals surface area contributed by atoms with Gasteiger partial charge in [-0.15, -0.1) is 0 Å². The van der Waals surface area contributed by atoms with Gasteiger partial charge >= 0.3 is 5.97 Å². The van der Waals surface area contributed by atoms with Crippen LogP contribution in [0, 0.1) is 0 Å². The van der Waals surface area contributed by atoms with Crippen LogP contribution < -0.4 is 9.47 Å². The zero-order valence-electron chi connectivity index (χ0n) is 9.64. The molecule has 0 unspecified atom stereocenters. The highest BCUT2D eigenvalue weighted by Crippen LogP contribution is 2.29. The van der Waals surface area contributed by atoms with Crippen LogP contribution >= 0.6 is 0 Å². The molecule has 0 atom stereocenters. The van der Waals surface area contributed by atoms with E-state index in [1.54, 1.807) is 6.07 Å². The van der Waals surface area contributed by atoms with Gasteiger partial charge in [-0.3, -0.25) is 0 Å². The maximum atomic E-state index is 11.1. The summed E-state index contributed by atoms with van der Waals surface area (Å²) in [6.07, 6.45) is 2.95. The molecule has 1 aromatic carbocycles. The minimum Gasteiger partial charge on any atom is -0.497 e. The van der Waals surface area contributed by atoms with E-state index in [4.69, 9.17) is 19.7 Å². The molecule has 0 aliphatic heterocycles. The summed E-state index contributed by atoms with van der Waals surface area (Å²) in [5.41, 5.74) is 0.459. The second kappa shape index (κ2) is 5.91. The lowest BCUT2D eigenvalue weighted by atomic mass is 10.1. The number of hydrogen-bond donors (Lipinski definition) is 2. The second-order valence-corrected chi connectivity index (χ2v) is 3.18. The molecule has 1 aromatic rings. The first-order valence-electron chi connectivity index (χ1n) is 4.90. The van der Waals surface area contributed by atoms with Crippen molar-refractivity contribution in [2.75, 3.05) is 20.8 Å². The second-order valence-electron chi connectivity index (χ2n) is 3.18. The van der Waals surface area contributed by atoms with Crippen molar-refractivity contribution in [3.8, 4) is 11.5 Å². The van der Waals surface area contributed by atoms with Crippen molar-refractivity contribution in [1.82, 2.24) is 0 Å². The molecular formula is C12H14O5. The van der Waals surface area contributed by atoms with Gasteiger partial charge in [0, 0.05) is 6.07 Å². The molecule has 0 spiro atoms. The van der Waals surface area contributed by atoms with Gasteiger partial charge in [-0.1, -0.05) is 12.2 Å². The van der Waals surface area contributed by atoms with Gasteiger partial charge in [0.1, 0.15) is 17.1 Å². The number of benzene rings is 1. The SMILES string of the molecule is COc1cc(/C=C/CO)c(C(=O)O)c(OC)c1. The average Bonchev–Trinajstić information content (AvgIpc) is 2.34. The summed E-state index contributed by atoms with van der Waals surface area (Å²) < 4.78 is 10.1. The Morgan fingerprint density at radius 1 is 1.35 bits per heavy atom. The number of methoxy groups -OCH3 is 2. The molecule has 5 nitrogen and oxygen atoms in total. The maximum absolute atomic E-state index is 11.1. The number of rotatable bonds is 5. The fraction of sp³-hybridized carbons (Fsp3) is 0.250. The van der Waals surface area contributed by atoms with Crippen molar-refractivity contribution in [1.29, 1.82) is 0 Å². The lowest BCUT2D eigenvalue weighted by Crippen LogP contribution is -2.04. The van der Waals surface area contributed by atoms with Crippen LogP contribution in [0.1, 0.15) is 15.9 Å². The summed E-state index contributed by atoms with van der Waals surface area (Å²) in [5.74, 6) is -0.388. The number of aliphatic hydroxyl groups is 1. The Labute approximate surface area is 98.9 Å². The fourth-order valence-corrected chi connectivity index (χ4v) is 1.43. The largest absolute Gasteiger partial charge is 0.497 e. The highest BCUT2D eigenvalue weighted by atomic mass is 16.5. The van der Waals surface area contributed by atoms with Crippen molar-refractivity contribution < 1.29 is 24.5 Å². The molecule has 0 heterocycles. The van der Waals surface area contributed by atoms with Crippen LogP contribution in [-0.4, -0.2) is 37.0 Å². The van der Waals surface area contributed by atoms with Crippen LogP contribution in [0.3, 0.4) is 0 Å². The third-order valence-corrected chi connectivity index (χ3v) is 2.18. The topological polar surface area (TPSA) is 76.0 Å². The van der Waals surface area contributed by atoms with Crippen LogP contribution in [0.15, 0.2) is 18.2 Å². The molecule has 1 rings (SSSR count). The highest BCUT2D eigenvalue weighted by Gasteiger charge is 2.16. The minimum atomic E-state index is -1.10. The van der Waals surface area contributed by atoms with Gasteiger partial charge in [-0.2, -0.15) is 0 Å². The van der Waals surface area contributed by atoms with Crippen molar-refractivity contribution in [3.63, 3.8) is 0 Å². The fourth-order valence-electron chi connectivity index (χ4n) is 1.43. The molecule has 17 heavy (non-hydrogen) atoms. The van der Waals surface area contributed by atoms with E-state index in [1.165, 1.54) is 32.4 Å². The smallest absolute Gasteiger partial charge is 0.340 e. The summed E-state index contributed by atoms with van der Waals surface area (Å²) in [5, 5.41) is 17.8. The Hall–Kier alpha value is -2.01. The molecule has 0 saturated carbocycles. The van der Waals surface area contributed by atoms with Crippen LogP contribution in [0.5, 0.6) is 11.5 Å². The molecule has 0 amide bonds. The summed E-state index contributed by atoms with van der Waals surface area (Å²) in [7, 11) is 2.87. The van der Waals surface area contributed by atoms with E-state index in [9.17, 15) is 4.79 Å². The minimum absolute atomic E-state index is 0.0398. The molecule has 0 bridgehead atoms. The first kappa shape index (κ1) is 13.1. The molecular weight excluding hydrogens is 224 g/mol. The summed E-state index contributed by atoms with van der Waals surface area (Å²) >= 11 is 0. The molecule has 0 aromatic heterocycles. The highest BCUT2D eigenvalue weighted by molar-refractivity contribution is 5.95. The van der Waals surface area contributed by atoms with E-state index < -0.39 is 5.97 Å². The Morgan fingerprint density at radius 3 is 2.53 bits per heavy atom. The van der Waals surface area contributed by atoms with Gasteiger partial charge in [-0.25, -0.2) is 4.79 Å². The van der Waals surface area contributed by atoms with Crippen LogP contribution in [0.4, 0.5) is 0 Å². The van der Waals surface area contributed by atoms with Crippen molar-refractivity contribution in [2.45, 2.75) is 0 Å². The predicted molar refractivity (Wildman–Crippen MR) is 62.6 cm³/mol. The standard InChI is InChI=1S/C12H14O5/c1-16-9-6-8(4-3-5-13)11(12(14)15)10(7-9)17-2/h3-4,6-7,13H,5H2,1-2H3,(H,14,15)/b4-3+. The van der Waals surface area contributed by atoms with Crippen molar-refractivity contribution >= 4 is 12.0 Å². The Bertz CT molecular complexity index is 437. The molecule has 92 valence electrons. The van der Waals surface area contributed by atoms with E-state index in [1.807, 2.05) is 0 Å². The third-order valence-electron chi connectivity index (χ3n) is 2.18. The van der Waals surface area contributed by atoms with Crippen LogP contribution in [0.25, 0.3) is 6.08 Å². The molecule has 0 saturated heterocycles. The van der Waals surface area contributed by atoms with E-state index >= 15 is 0 Å². The molecule has 0 fully saturated rings. The number of hydrogen-bond acceptors (Lipinski definition) is 4. The molecule has 0 aliphatic rings. The normalized spacial score (nSPS) is 10.5. The molecule has 5 heteroatoms. The summed E-state index contributed by atoms with van der Waals surface area (Å²) in [6.45, 7) is -0.168. The Morgan fingerprint density at radius 2 is 2.06 bits per heavy atom. The summed E-state index contributed by atoms with van der Waals surface area (Å²) in [6, 6.07) is 3.07. The maximum Gasteiger partial charge on any atom is 0.340 e. The van der Waals surface area contributed by atoms with E-state index in [2.05, 4.69) is 0 Å². The number of carbonyl (C=O) groups is 1. The summed E-state index contributed by atoms with van der Waals surface area (Å²) in [4.78, 5) is 11.1. The zero-order chi connectivity index (χ0) is 12.8. The zero-order valence-corrected chi connectivity index (χ0v) is 9.64. The molecule has 0 aliphatic carbocycles. The van der Waals surface area contributed by atoms with Crippen LogP contribution in [0.2, 0.25) is 0 Å². The predicted octanol–water partition coefficient (Wildman–Crippen LogP) is 1.41. The number of carboxylic acid groups (broad SMARTS) is 1. The van der Waals surface area contributed by atoms with Gasteiger partial charge in [0.25, 0.3) is 0 Å². The first-order chi connectivity index (χ1) is 8.13. The number of carboxylic acids is 1. The average molecular weight is 238 g/mol. The number of aromatic carboxylic acids is 1. The van der Waals surface area contributed by atoms with Gasteiger partial charge in [0.15, 0.2) is 0 Å². The quantitative estimate of drug-likeness (QED) is 0.811. The van der Waals surface area contributed by atoms with E-state index in [0.717, 1.165) is 0 Å². The van der Waals surface area contributed by atoms with Crippen LogP contribution in [-0.2, 0) is 0 Å². The van der Waals surface area contributed by atoms with Gasteiger partial charge in [0.05, 0.1) is 20.8 Å². The first-order valence-corrected chi connectivity index (χ1v) is 4.90. The van der Waals surface area contributed by atoms with Gasteiger partial charge < -0.3 is 19.7 Å². The number of ether oxygens (including phenoxy) is 2. The Balaban J connectivity index is 3.40. The molecule has 0 radical (unpaired) electrons. The van der Waals surface area contributed by atoms with Crippen molar-refractivity contribution in [2.24, 2.45) is 0 Å². The lowest BCUT2D eigenvalue weighted by Gasteiger charge is -2.10. The van der Waals surface area contributed by atoms with Gasteiger partial charge in [-0.05, 0) is 11.6 Å².